The summed E-state index contributed by atoms with van der Waals surface area (Å²) < 4.78 is 10.7. The lowest BCUT2D eigenvalue weighted by atomic mass is 9.81. The summed E-state index contributed by atoms with van der Waals surface area (Å²) in [6.45, 7) is 1.31. The number of hydrogen-bond acceptors (Lipinski definition) is 5. The molecule has 7 nitrogen and oxygen atoms in total. The first-order valence-corrected chi connectivity index (χ1v) is 8.43. The first-order valence-electron chi connectivity index (χ1n) is 8.43. The molecule has 0 saturated carbocycles. The molecule has 7 heteroatoms. The van der Waals surface area contributed by atoms with Crippen molar-refractivity contribution in [1.82, 2.24) is 5.32 Å². The fraction of sp³-hybridized carbons (Fsp3) is 0.300. The van der Waals surface area contributed by atoms with Gasteiger partial charge in [0.25, 0.3) is 5.91 Å². The molecule has 2 atom stereocenters. The molecule has 3 rings (SSSR count). The van der Waals surface area contributed by atoms with Crippen LogP contribution in [0, 0.1) is 0 Å². The molecular weight excluding hydrogens is 348 g/mol. The number of carbonyl (C=O) groups is 2. The highest BCUT2D eigenvalue weighted by atomic mass is 16.5. The molecule has 2 aromatic carbocycles. The van der Waals surface area contributed by atoms with E-state index in [0.717, 1.165) is 0 Å². The highest BCUT2D eigenvalue weighted by Gasteiger charge is 2.56. The summed E-state index contributed by atoms with van der Waals surface area (Å²) in [5, 5.41) is 14.1. The number of rotatable bonds is 5. The Labute approximate surface area is 157 Å². The van der Waals surface area contributed by atoms with Crippen LogP contribution in [-0.2, 0) is 15.1 Å². The summed E-state index contributed by atoms with van der Waals surface area (Å²) in [4.78, 5) is 26.7. The van der Waals surface area contributed by atoms with Gasteiger partial charge in [-0.25, -0.2) is 0 Å². The van der Waals surface area contributed by atoms with Gasteiger partial charge >= 0.3 is 0 Å². The second kappa shape index (κ2) is 6.92. The number of ether oxygens (including phenoxy) is 2. The number of carbonyl (C=O) groups excluding carboxylic acids is 2. The Kier molecular flexibility index (Phi) is 4.80. The predicted molar refractivity (Wildman–Crippen MR) is 99.9 cm³/mol. The molecular formula is C20H22N2O5. The van der Waals surface area contributed by atoms with Crippen molar-refractivity contribution in [3.63, 3.8) is 0 Å². The van der Waals surface area contributed by atoms with Crippen molar-refractivity contribution in [2.45, 2.75) is 18.6 Å². The lowest BCUT2D eigenvalue weighted by molar-refractivity contribution is -0.135. The number of para-hydroxylation sites is 2. The van der Waals surface area contributed by atoms with Crippen LogP contribution in [0.5, 0.6) is 11.5 Å². The number of aliphatic hydroxyl groups excluding tert-OH is 1. The Bertz CT molecular complexity index is 898. The predicted octanol–water partition coefficient (Wildman–Crippen LogP) is 1.75. The van der Waals surface area contributed by atoms with Gasteiger partial charge in [0.05, 0.1) is 14.2 Å². The van der Waals surface area contributed by atoms with E-state index in [4.69, 9.17) is 9.47 Å². The number of anilines is 1. The summed E-state index contributed by atoms with van der Waals surface area (Å²) >= 11 is 0. The Morgan fingerprint density at radius 1 is 1.15 bits per heavy atom. The maximum absolute atomic E-state index is 13.3. The Morgan fingerprint density at radius 2 is 1.85 bits per heavy atom. The molecule has 0 spiro atoms. The van der Waals surface area contributed by atoms with Crippen molar-refractivity contribution < 1.29 is 24.2 Å². The van der Waals surface area contributed by atoms with E-state index >= 15 is 0 Å². The Morgan fingerprint density at radius 3 is 2.48 bits per heavy atom. The van der Waals surface area contributed by atoms with Gasteiger partial charge in [-0.15, -0.1) is 0 Å². The average Bonchev–Trinajstić information content (AvgIpc) is 2.89. The summed E-state index contributed by atoms with van der Waals surface area (Å²) in [6, 6.07) is 12.1. The van der Waals surface area contributed by atoms with Gasteiger partial charge < -0.3 is 24.8 Å². The van der Waals surface area contributed by atoms with Gasteiger partial charge in [-0.05, 0) is 12.1 Å². The summed E-state index contributed by atoms with van der Waals surface area (Å²) in [6.07, 6.45) is -1.40. The van der Waals surface area contributed by atoms with Crippen molar-refractivity contribution in [3.8, 4) is 11.5 Å². The second-order valence-corrected chi connectivity index (χ2v) is 6.36. The Balaban J connectivity index is 2.27. The smallest absolute Gasteiger partial charge is 0.260 e. The zero-order chi connectivity index (χ0) is 19.8. The lowest BCUT2D eigenvalue weighted by Gasteiger charge is -2.34. The van der Waals surface area contributed by atoms with Gasteiger partial charge in [-0.1, -0.05) is 30.3 Å². The number of fused-ring (bicyclic) bond motifs is 1. The van der Waals surface area contributed by atoms with Gasteiger partial charge in [-0.3, -0.25) is 9.59 Å². The number of aliphatic hydroxyl groups is 1. The van der Waals surface area contributed by atoms with Gasteiger partial charge in [0.2, 0.25) is 5.91 Å². The van der Waals surface area contributed by atoms with E-state index in [1.54, 1.807) is 49.5 Å². The molecule has 1 heterocycles. The van der Waals surface area contributed by atoms with Crippen molar-refractivity contribution in [2.75, 3.05) is 26.2 Å². The first kappa shape index (κ1) is 18.7. The minimum Gasteiger partial charge on any atom is -0.493 e. The van der Waals surface area contributed by atoms with Gasteiger partial charge in [0, 0.05) is 30.8 Å². The third-order valence-electron chi connectivity index (χ3n) is 4.84. The van der Waals surface area contributed by atoms with E-state index in [2.05, 4.69) is 5.32 Å². The van der Waals surface area contributed by atoms with Gasteiger partial charge in [-0.2, -0.15) is 0 Å². The molecule has 2 N–H and O–H groups in total. The van der Waals surface area contributed by atoms with Gasteiger partial charge in [0.15, 0.2) is 17.0 Å². The molecule has 2 aromatic rings. The zero-order valence-electron chi connectivity index (χ0n) is 15.6. The number of hydrogen-bond donors (Lipinski definition) is 2. The van der Waals surface area contributed by atoms with Crippen LogP contribution < -0.4 is 19.7 Å². The van der Waals surface area contributed by atoms with Crippen LogP contribution in [0.4, 0.5) is 5.69 Å². The number of likely N-dealkylation sites (N-methyl/N-ethyl adjacent to an activating group) is 1. The van der Waals surface area contributed by atoms with E-state index in [1.807, 2.05) is 0 Å². The molecule has 142 valence electrons. The number of methoxy groups -OCH3 is 2. The SMILES string of the molecule is COc1cccc([C@H](O)[C@]2(NC(C)=O)C(=O)N(C)c3ccccc32)c1OC. The standard InChI is InChI=1S/C20H22N2O5/c1-12(23)21-20(14-9-5-6-10-15(14)22(2)19(20)25)18(24)13-8-7-11-16(26-3)17(13)27-4/h5-11,18,24H,1-4H3,(H,21,23)/t18-,20-/m0/s1. The molecule has 1 aliphatic rings. The van der Waals surface area contributed by atoms with Crippen LogP contribution in [0.1, 0.15) is 24.2 Å². The van der Waals surface area contributed by atoms with Crippen LogP contribution in [0.25, 0.3) is 0 Å². The molecule has 2 amide bonds. The summed E-state index contributed by atoms with van der Waals surface area (Å²) in [5.41, 5.74) is -0.192. The summed E-state index contributed by atoms with van der Waals surface area (Å²) in [7, 11) is 4.55. The van der Waals surface area contributed by atoms with Crippen molar-refractivity contribution >= 4 is 17.5 Å². The fourth-order valence-electron chi connectivity index (χ4n) is 3.68. The van der Waals surface area contributed by atoms with E-state index in [1.165, 1.54) is 26.0 Å². The lowest BCUT2D eigenvalue weighted by Crippen LogP contribution is -2.55. The molecule has 0 unspecified atom stereocenters. The van der Waals surface area contributed by atoms with Crippen molar-refractivity contribution in [3.05, 3.63) is 53.6 Å². The normalized spacial score (nSPS) is 19.4. The Hall–Kier alpha value is -3.06. The molecule has 0 aromatic heterocycles. The van der Waals surface area contributed by atoms with Crippen molar-refractivity contribution in [2.24, 2.45) is 0 Å². The first-order chi connectivity index (χ1) is 12.9. The van der Waals surface area contributed by atoms with Gasteiger partial charge in [0.1, 0.15) is 6.10 Å². The minimum atomic E-state index is -1.67. The number of benzene rings is 2. The maximum Gasteiger partial charge on any atom is 0.260 e. The molecule has 0 aliphatic carbocycles. The number of amides is 2. The second-order valence-electron chi connectivity index (χ2n) is 6.36. The van der Waals surface area contributed by atoms with Crippen molar-refractivity contribution in [1.29, 1.82) is 0 Å². The molecule has 0 bridgehead atoms. The number of nitrogens with zero attached hydrogens (tertiary/aromatic N) is 1. The highest BCUT2D eigenvalue weighted by Crippen LogP contribution is 2.49. The monoisotopic (exact) mass is 370 g/mol. The largest absolute Gasteiger partial charge is 0.493 e. The van der Waals surface area contributed by atoms with Crippen LogP contribution in [0.3, 0.4) is 0 Å². The molecule has 27 heavy (non-hydrogen) atoms. The minimum absolute atomic E-state index is 0.303. The average molecular weight is 370 g/mol. The van der Waals surface area contributed by atoms with E-state index in [-0.39, 0.29) is 0 Å². The fourth-order valence-corrected chi connectivity index (χ4v) is 3.68. The molecule has 1 aliphatic heterocycles. The molecule has 0 radical (unpaired) electrons. The third kappa shape index (κ3) is 2.71. The third-order valence-corrected chi connectivity index (χ3v) is 4.84. The van der Waals surface area contributed by atoms with Crippen LogP contribution >= 0.6 is 0 Å². The van der Waals surface area contributed by atoms with E-state index < -0.39 is 23.5 Å². The highest BCUT2D eigenvalue weighted by molar-refractivity contribution is 6.09. The zero-order valence-corrected chi connectivity index (χ0v) is 15.6. The van der Waals surface area contributed by atoms with Crippen LogP contribution in [0.15, 0.2) is 42.5 Å². The topological polar surface area (TPSA) is 88.1 Å². The number of nitrogens with one attached hydrogen (secondary N) is 1. The summed E-state index contributed by atoms with van der Waals surface area (Å²) in [5.74, 6) is -0.151. The molecule has 0 fully saturated rings. The quantitative estimate of drug-likeness (QED) is 0.837. The maximum atomic E-state index is 13.3. The molecule has 0 saturated heterocycles. The van der Waals surface area contributed by atoms with Crippen LogP contribution in [0.2, 0.25) is 0 Å². The van der Waals surface area contributed by atoms with E-state index in [9.17, 15) is 14.7 Å². The van der Waals surface area contributed by atoms with E-state index in [0.29, 0.717) is 28.3 Å². The van der Waals surface area contributed by atoms with Crippen LogP contribution in [-0.4, -0.2) is 38.2 Å².